The molecule has 0 aliphatic carbocycles. The summed E-state index contributed by atoms with van der Waals surface area (Å²) in [7, 11) is -1.85. The minimum absolute atomic E-state index is 0.0402. The van der Waals surface area contributed by atoms with Crippen LogP contribution in [0.25, 0.3) is 0 Å². The van der Waals surface area contributed by atoms with E-state index in [4.69, 9.17) is 16.3 Å². The second-order valence-electron chi connectivity index (χ2n) is 7.13. The summed E-state index contributed by atoms with van der Waals surface area (Å²) in [6.07, 6.45) is 1.82. The van der Waals surface area contributed by atoms with E-state index in [1.165, 1.54) is 17.7 Å². The van der Waals surface area contributed by atoms with Gasteiger partial charge in [0.2, 0.25) is 10.0 Å². The first kappa shape index (κ1) is 19.4. The fourth-order valence-corrected chi connectivity index (χ4v) is 5.10. The van der Waals surface area contributed by atoms with Gasteiger partial charge in [-0.2, -0.15) is 0 Å². The summed E-state index contributed by atoms with van der Waals surface area (Å²) < 4.78 is 30.5. The summed E-state index contributed by atoms with van der Waals surface area (Å²) in [5, 5.41) is 10.5. The van der Waals surface area contributed by atoms with Crippen LogP contribution in [0.5, 0.6) is 5.75 Å². The van der Waals surface area contributed by atoms with E-state index < -0.39 is 15.4 Å². The molecule has 1 aromatic rings. The summed E-state index contributed by atoms with van der Waals surface area (Å²) >= 11 is 5.96. The van der Waals surface area contributed by atoms with Crippen LogP contribution in [0.15, 0.2) is 18.2 Å². The average molecular weight is 403 g/mol. The van der Waals surface area contributed by atoms with E-state index in [1.807, 2.05) is 0 Å². The number of piperidine rings is 1. The van der Waals surface area contributed by atoms with Crippen LogP contribution < -0.4 is 4.74 Å². The van der Waals surface area contributed by atoms with Gasteiger partial charge in [0.15, 0.2) is 0 Å². The predicted molar refractivity (Wildman–Crippen MR) is 98.0 cm³/mol. The van der Waals surface area contributed by atoms with E-state index in [1.54, 1.807) is 23.1 Å². The molecule has 7 nitrogen and oxygen atoms in total. The first-order chi connectivity index (χ1) is 12.2. The first-order valence-electron chi connectivity index (χ1n) is 8.39. The number of aliphatic hydroxyl groups excluding tert-OH is 1. The lowest BCUT2D eigenvalue weighted by Crippen LogP contribution is -2.52. The number of carbonyl (C=O) groups excluding carboxylic acids is 1. The van der Waals surface area contributed by atoms with Crippen LogP contribution in [0.3, 0.4) is 0 Å². The molecule has 0 aromatic heterocycles. The van der Waals surface area contributed by atoms with Crippen molar-refractivity contribution in [2.45, 2.75) is 6.42 Å². The Hall–Kier alpha value is -1.35. The van der Waals surface area contributed by atoms with Gasteiger partial charge in [-0.1, -0.05) is 11.6 Å². The molecule has 0 saturated carbocycles. The zero-order valence-electron chi connectivity index (χ0n) is 14.8. The Labute approximate surface area is 158 Å². The summed E-state index contributed by atoms with van der Waals surface area (Å²) in [6.45, 7) is 1.28. The molecule has 144 valence electrons. The van der Waals surface area contributed by atoms with Crippen molar-refractivity contribution in [2.24, 2.45) is 11.3 Å². The Bertz CT molecular complexity index is 815. The third-order valence-corrected chi connectivity index (χ3v) is 6.95. The van der Waals surface area contributed by atoms with Crippen LogP contribution in [0.2, 0.25) is 5.02 Å². The fourth-order valence-electron chi connectivity index (χ4n) is 4.00. The molecule has 2 heterocycles. The van der Waals surface area contributed by atoms with Crippen LogP contribution in [0, 0.1) is 11.3 Å². The van der Waals surface area contributed by atoms with E-state index in [0.29, 0.717) is 42.4 Å². The molecule has 3 rings (SSSR count). The summed E-state index contributed by atoms with van der Waals surface area (Å²) in [5.41, 5.74) is -0.224. The van der Waals surface area contributed by atoms with Crippen molar-refractivity contribution in [3.8, 4) is 5.75 Å². The smallest absolute Gasteiger partial charge is 0.257 e. The van der Waals surface area contributed by atoms with Gasteiger partial charge in [0.25, 0.3) is 5.91 Å². The Morgan fingerprint density at radius 1 is 1.42 bits per heavy atom. The number of carbonyl (C=O) groups is 1. The molecule has 1 aromatic carbocycles. The topological polar surface area (TPSA) is 87.2 Å². The fraction of sp³-hybridized carbons (Fsp3) is 0.588. The highest BCUT2D eigenvalue weighted by Gasteiger charge is 2.52. The number of sulfonamides is 1. The number of benzene rings is 1. The van der Waals surface area contributed by atoms with Gasteiger partial charge >= 0.3 is 0 Å². The van der Waals surface area contributed by atoms with Gasteiger partial charge in [0, 0.05) is 36.6 Å². The number of ether oxygens (including phenoxy) is 1. The van der Waals surface area contributed by atoms with Crippen molar-refractivity contribution in [2.75, 3.05) is 46.2 Å². The maximum atomic E-state index is 13.0. The number of amides is 1. The monoisotopic (exact) mass is 402 g/mol. The Morgan fingerprint density at radius 2 is 2.15 bits per heavy atom. The Morgan fingerprint density at radius 3 is 2.77 bits per heavy atom. The van der Waals surface area contributed by atoms with Gasteiger partial charge in [-0.05, 0) is 30.5 Å². The van der Waals surface area contributed by atoms with Gasteiger partial charge in [-0.25, -0.2) is 12.7 Å². The molecule has 2 saturated heterocycles. The Kier molecular flexibility index (Phi) is 5.22. The van der Waals surface area contributed by atoms with E-state index >= 15 is 0 Å². The molecule has 2 fully saturated rings. The van der Waals surface area contributed by atoms with Crippen molar-refractivity contribution in [3.05, 3.63) is 28.8 Å². The zero-order valence-corrected chi connectivity index (χ0v) is 16.4. The van der Waals surface area contributed by atoms with Gasteiger partial charge in [0.05, 0.1) is 25.5 Å². The van der Waals surface area contributed by atoms with E-state index in [9.17, 15) is 18.3 Å². The second-order valence-corrected chi connectivity index (χ2v) is 9.55. The van der Waals surface area contributed by atoms with Crippen molar-refractivity contribution >= 4 is 27.5 Å². The van der Waals surface area contributed by atoms with Gasteiger partial charge in [-0.15, -0.1) is 0 Å². The average Bonchev–Trinajstić information content (AvgIpc) is 3.00. The van der Waals surface area contributed by atoms with Crippen LogP contribution >= 0.6 is 11.6 Å². The molecule has 0 radical (unpaired) electrons. The molecule has 0 spiro atoms. The highest BCUT2D eigenvalue weighted by Crippen LogP contribution is 2.43. The number of rotatable bonds is 4. The first-order valence-corrected chi connectivity index (χ1v) is 10.6. The number of halogens is 1. The molecule has 9 heteroatoms. The number of hydrogen-bond donors (Lipinski definition) is 1. The SMILES string of the molecule is COc1cc(Cl)ccc1C(=O)N1CCC2CN(S(C)(=O)=O)CC2(CO)C1. The highest BCUT2D eigenvalue weighted by molar-refractivity contribution is 7.88. The maximum Gasteiger partial charge on any atom is 0.257 e. The minimum atomic E-state index is -3.33. The van der Waals surface area contributed by atoms with Crippen LogP contribution in [-0.4, -0.2) is 74.8 Å². The molecule has 2 unspecified atom stereocenters. The number of likely N-dealkylation sites (tertiary alicyclic amines) is 1. The van der Waals surface area contributed by atoms with Crippen molar-refractivity contribution in [1.29, 1.82) is 0 Å². The van der Waals surface area contributed by atoms with E-state index in [2.05, 4.69) is 0 Å². The number of aliphatic hydroxyl groups is 1. The summed E-state index contributed by atoms with van der Waals surface area (Å²) in [5.74, 6) is 0.229. The lowest BCUT2D eigenvalue weighted by Gasteiger charge is -2.43. The predicted octanol–water partition coefficient (Wildman–Crippen LogP) is 1.06. The van der Waals surface area contributed by atoms with E-state index in [-0.39, 0.29) is 25.0 Å². The number of methoxy groups -OCH3 is 1. The van der Waals surface area contributed by atoms with Gasteiger partial charge in [-0.3, -0.25) is 4.79 Å². The third kappa shape index (κ3) is 3.43. The largest absolute Gasteiger partial charge is 0.496 e. The van der Waals surface area contributed by atoms with Crippen molar-refractivity contribution in [1.82, 2.24) is 9.21 Å². The number of nitrogens with zero attached hydrogens (tertiary/aromatic N) is 2. The van der Waals surface area contributed by atoms with E-state index in [0.717, 1.165) is 0 Å². The lowest BCUT2D eigenvalue weighted by molar-refractivity contribution is 0.0128. The molecule has 2 atom stereocenters. The van der Waals surface area contributed by atoms with Crippen LogP contribution in [0.1, 0.15) is 16.8 Å². The summed E-state index contributed by atoms with van der Waals surface area (Å²) in [4.78, 5) is 14.7. The quantitative estimate of drug-likeness (QED) is 0.813. The third-order valence-electron chi connectivity index (χ3n) is 5.50. The molecular weight excluding hydrogens is 380 g/mol. The molecule has 0 bridgehead atoms. The lowest BCUT2D eigenvalue weighted by atomic mass is 9.74. The Balaban J connectivity index is 1.85. The van der Waals surface area contributed by atoms with Gasteiger partial charge in [0.1, 0.15) is 5.75 Å². The maximum absolute atomic E-state index is 13.0. The minimum Gasteiger partial charge on any atom is -0.496 e. The molecule has 1 amide bonds. The van der Waals surface area contributed by atoms with Crippen molar-refractivity contribution < 1.29 is 23.1 Å². The van der Waals surface area contributed by atoms with Gasteiger partial charge < -0.3 is 14.7 Å². The standard InChI is InChI=1S/C17H23ClN2O5S/c1-25-15-7-13(18)3-4-14(15)16(22)19-6-5-12-8-20(26(2,23)24)10-17(12,9-19)11-21/h3-4,7,12,21H,5-6,8-11H2,1-2H3. The number of hydrogen-bond acceptors (Lipinski definition) is 5. The van der Waals surface area contributed by atoms with Crippen LogP contribution in [-0.2, 0) is 10.0 Å². The summed E-state index contributed by atoms with van der Waals surface area (Å²) in [6, 6.07) is 4.84. The molecule has 26 heavy (non-hydrogen) atoms. The molecule has 2 aliphatic heterocycles. The zero-order chi connectivity index (χ0) is 19.1. The molecule has 2 aliphatic rings. The molecule has 1 N–H and O–H groups in total. The van der Waals surface area contributed by atoms with Crippen LogP contribution in [0.4, 0.5) is 0 Å². The molecular formula is C17H23ClN2O5S. The normalized spacial score (nSPS) is 26.6. The highest BCUT2D eigenvalue weighted by atomic mass is 35.5. The second kappa shape index (κ2) is 6.99. The number of fused-ring (bicyclic) bond motifs is 1. The van der Waals surface area contributed by atoms with Crippen molar-refractivity contribution in [3.63, 3.8) is 0 Å².